The number of fused-ring (bicyclic) bond motifs is 1. The van der Waals surface area contributed by atoms with Gasteiger partial charge >= 0.3 is 0 Å². The van der Waals surface area contributed by atoms with E-state index in [2.05, 4.69) is 21.2 Å². The second-order valence-electron chi connectivity index (χ2n) is 4.31. The molecule has 3 rings (SSSR count). The van der Waals surface area contributed by atoms with E-state index in [-0.39, 0.29) is 11.7 Å². The summed E-state index contributed by atoms with van der Waals surface area (Å²) in [5.74, 6) is -0.233. The lowest BCUT2D eigenvalue weighted by atomic mass is 10.2. The number of carbonyl (C=O) groups excluding carboxylic acids is 1. The number of carbonyl (C=O) groups is 1. The molecule has 20 heavy (non-hydrogen) atoms. The topological polar surface area (TPSA) is 68.3 Å². The van der Waals surface area contributed by atoms with Gasteiger partial charge in [-0.3, -0.25) is 4.79 Å². The van der Waals surface area contributed by atoms with E-state index < -0.39 is 0 Å². The number of halogens is 1. The highest BCUT2D eigenvalue weighted by Crippen LogP contribution is 2.28. The summed E-state index contributed by atoms with van der Waals surface area (Å²) in [6.45, 7) is 0. The van der Waals surface area contributed by atoms with Crippen LogP contribution in [-0.4, -0.2) is 5.91 Å². The standard InChI is InChI=1S/C15H11BrN2O2/c16-9-4-3-5-10(8-9)18-15(19)14-13(17)11-6-1-2-7-12(11)20-14/h1-8H,17H2,(H,18,19). The van der Waals surface area contributed by atoms with E-state index in [9.17, 15) is 4.79 Å². The van der Waals surface area contributed by atoms with Crippen molar-refractivity contribution in [3.63, 3.8) is 0 Å². The Labute approximate surface area is 123 Å². The van der Waals surface area contributed by atoms with Crippen molar-refractivity contribution in [3.8, 4) is 0 Å². The largest absolute Gasteiger partial charge is 0.449 e. The van der Waals surface area contributed by atoms with Crippen LogP contribution in [0.4, 0.5) is 11.4 Å². The Kier molecular flexibility index (Phi) is 3.20. The summed E-state index contributed by atoms with van der Waals surface area (Å²) in [6.07, 6.45) is 0. The van der Waals surface area contributed by atoms with E-state index in [0.717, 1.165) is 9.86 Å². The quantitative estimate of drug-likeness (QED) is 0.745. The highest BCUT2D eigenvalue weighted by Gasteiger charge is 2.18. The molecule has 0 aliphatic rings. The lowest BCUT2D eigenvalue weighted by molar-refractivity contribution is 0.1000. The molecule has 0 atom stereocenters. The van der Waals surface area contributed by atoms with Crippen molar-refractivity contribution in [2.75, 3.05) is 11.1 Å². The number of furan rings is 1. The minimum atomic E-state index is -0.364. The van der Waals surface area contributed by atoms with Crippen LogP contribution in [0.2, 0.25) is 0 Å². The Hall–Kier alpha value is -2.27. The maximum Gasteiger partial charge on any atom is 0.293 e. The summed E-state index contributed by atoms with van der Waals surface area (Å²) < 4.78 is 6.40. The fourth-order valence-electron chi connectivity index (χ4n) is 1.99. The molecular weight excluding hydrogens is 320 g/mol. The third-order valence-electron chi connectivity index (χ3n) is 2.92. The average Bonchev–Trinajstić information content (AvgIpc) is 2.77. The zero-order chi connectivity index (χ0) is 14.1. The van der Waals surface area contributed by atoms with E-state index in [1.807, 2.05) is 30.3 Å². The molecule has 3 aromatic rings. The molecule has 3 N–H and O–H groups in total. The van der Waals surface area contributed by atoms with Crippen molar-refractivity contribution in [2.45, 2.75) is 0 Å². The fourth-order valence-corrected chi connectivity index (χ4v) is 2.39. The predicted octanol–water partition coefficient (Wildman–Crippen LogP) is 4.03. The summed E-state index contributed by atoms with van der Waals surface area (Å²) in [5, 5.41) is 3.50. The van der Waals surface area contributed by atoms with Gasteiger partial charge < -0.3 is 15.5 Å². The smallest absolute Gasteiger partial charge is 0.293 e. The van der Waals surface area contributed by atoms with E-state index in [1.54, 1.807) is 18.2 Å². The molecular formula is C15H11BrN2O2. The summed E-state index contributed by atoms with van der Waals surface area (Å²) in [7, 11) is 0. The van der Waals surface area contributed by atoms with E-state index in [1.165, 1.54) is 0 Å². The Morgan fingerprint density at radius 2 is 1.95 bits per heavy atom. The number of hydrogen-bond donors (Lipinski definition) is 2. The maximum atomic E-state index is 12.2. The lowest BCUT2D eigenvalue weighted by Crippen LogP contribution is -2.12. The summed E-state index contributed by atoms with van der Waals surface area (Å²) in [5.41, 5.74) is 7.59. The van der Waals surface area contributed by atoms with E-state index in [0.29, 0.717) is 17.0 Å². The number of amides is 1. The van der Waals surface area contributed by atoms with Crippen molar-refractivity contribution < 1.29 is 9.21 Å². The molecule has 5 heteroatoms. The number of nitrogens with one attached hydrogen (secondary N) is 1. The van der Waals surface area contributed by atoms with Crippen molar-refractivity contribution in [1.29, 1.82) is 0 Å². The molecule has 1 amide bonds. The molecule has 0 fully saturated rings. The van der Waals surface area contributed by atoms with Gasteiger partial charge in [-0.1, -0.05) is 34.1 Å². The number of rotatable bonds is 2. The highest BCUT2D eigenvalue weighted by atomic mass is 79.9. The first-order valence-corrected chi connectivity index (χ1v) is 6.78. The van der Waals surface area contributed by atoms with Gasteiger partial charge in [-0.25, -0.2) is 0 Å². The summed E-state index contributed by atoms with van der Waals surface area (Å²) in [6, 6.07) is 14.6. The van der Waals surface area contributed by atoms with E-state index in [4.69, 9.17) is 10.2 Å². The van der Waals surface area contributed by atoms with Crippen LogP contribution in [0.25, 0.3) is 11.0 Å². The van der Waals surface area contributed by atoms with Crippen LogP contribution < -0.4 is 11.1 Å². The Balaban J connectivity index is 1.95. The first-order valence-electron chi connectivity index (χ1n) is 5.99. The lowest BCUT2D eigenvalue weighted by Gasteiger charge is -2.03. The van der Waals surface area contributed by atoms with Crippen molar-refractivity contribution in [1.82, 2.24) is 0 Å². The monoisotopic (exact) mass is 330 g/mol. The third kappa shape index (κ3) is 2.28. The fraction of sp³-hybridized carbons (Fsp3) is 0. The van der Waals surface area contributed by atoms with E-state index >= 15 is 0 Å². The molecule has 2 aromatic carbocycles. The van der Waals surface area contributed by atoms with Gasteiger partial charge in [0.25, 0.3) is 5.91 Å². The Morgan fingerprint density at radius 1 is 1.15 bits per heavy atom. The second kappa shape index (κ2) is 5.02. The molecule has 0 saturated heterocycles. The Morgan fingerprint density at radius 3 is 2.70 bits per heavy atom. The number of benzene rings is 2. The first-order chi connectivity index (χ1) is 9.65. The van der Waals surface area contributed by atoms with Crippen molar-refractivity contribution in [2.24, 2.45) is 0 Å². The minimum absolute atomic E-state index is 0.131. The molecule has 1 heterocycles. The van der Waals surface area contributed by atoms with Gasteiger partial charge in [0.05, 0.1) is 5.69 Å². The number of anilines is 2. The SMILES string of the molecule is Nc1c(C(=O)Nc2cccc(Br)c2)oc2ccccc12. The molecule has 0 aliphatic carbocycles. The van der Waals surface area contributed by atoms with Gasteiger partial charge in [-0.2, -0.15) is 0 Å². The highest BCUT2D eigenvalue weighted by molar-refractivity contribution is 9.10. The Bertz CT molecular complexity index is 795. The number of nitrogens with two attached hydrogens (primary N) is 1. The molecule has 4 nitrogen and oxygen atoms in total. The van der Waals surface area contributed by atoms with Crippen LogP contribution in [0.5, 0.6) is 0 Å². The van der Waals surface area contributed by atoms with Crippen LogP contribution in [0, 0.1) is 0 Å². The maximum absolute atomic E-state index is 12.2. The van der Waals surface area contributed by atoms with Gasteiger partial charge in [0.1, 0.15) is 5.58 Å². The van der Waals surface area contributed by atoms with Crippen LogP contribution in [-0.2, 0) is 0 Å². The first kappa shape index (κ1) is 12.7. The van der Waals surface area contributed by atoms with Crippen LogP contribution >= 0.6 is 15.9 Å². The number of hydrogen-bond acceptors (Lipinski definition) is 3. The third-order valence-corrected chi connectivity index (χ3v) is 3.42. The van der Waals surface area contributed by atoms with Crippen molar-refractivity contribution >= 4 is 44.2 Å². The molecule has 0 spiro atoms. The van der Waals surface area contributed by atoms with Gasteiger partial charge in [0.15, 0.2) is 0 Å². The van der Waals surface area contributed by atoms with Crippen molar-refractivity contribution in [3.05, 3.63) is 58.8 Å². The molecule has 0 unspecified atom stereocenters. The molecule has 100 valence electrons. The summed E-state index contributed by atoms with van der Waals surface area (Å²) in [4.78, 5) is 12.2. The molecule has 1 aromatic heterocycles. The molecule has 0 aliphatic heterocycles. The molecule has 0 saturated carbocycles. The zero-order valence-corrected chi connectivity index (χ0v) is 12.0. The molecule has 0 bridgehead atoms. The normalized spacial score (nSPS) is 10.7. The van der Waals surface area contributed by atoms with Gasteiger partial charge in [0, 0.05) is 15.5 Å². The van der Waals surface area contributed by atoms with Gasteiger partial charge in [0.2, 0.25) is 5.76 Å². The second-order valence-corrected chi connectivity index (χ2v) is 5.22. The van der Waals surface area contributed by atoms with Gasteiger partial charge in [-0.15, -0.1) is 0 Å². The zero-order valence-electron chi connectivity index (χ0n) is 10.4. The number of nitrogen functional groups attached to an aromatic ring is 1. The average molecular weight is 331 g/mol. The van der Waals surface area contributed by atoms with Crippen LogP contribution in [0.3, 0.4) is 0 Å². The predicted molar refractivity (Wildman–Crippen MR) is 82.7 cm³/mol. The van der Waals surface area contributed by atoms with Crippen LogP contribution in [0.1, 0.15) is 10.6 Å². The summed E-state index contributed by atoms with van der Waals surface area (Å²) >= 11 is 3.35. The molecule has 0 radical (unpaired) electrons. The number of para-hydroxylation sites is 1. The van der Waals surface area contributed by atoms with Gasteiger partial charge in [-0.05, 0) is 30.3 Å². The minimum Gasteiger partial charge on any atom is -0.449 e. The van der Waals surface area contributed by atoms with Crippen LogP contribution in [0.15, 0.2) is 57.4 Å².